The first-order valence-corrected chi connectivity index (χ1v) is 8.15. The molecule has 2 rings (SSSR count). The van der Waals surface area contributed by atoms with E-state index in [0.717, 1.165) is 5.75 Å². The molecule has 5 heteroatoms. The van der Waals surface area contributed by atoms with Crippen LogP contribution in [0, 0.1) is 0 Å². The van der Waals surface area contributed by atoms with Crippen molar-refractivity contribution in [3.05, 3.63) is 53.6 Å². The molecule has 0 aliphatic carbocycles. The van der Waals surface area contributed by atoms with Crippen molar-refractivity contribution in [2.24, 2.45) is 5.16 Å². The zero-order valence-corrected chi connectivity index (χ0v) is 15.2. The van der Waals surface area contributed by atoms with Crippen LogP contribution in [-0.2, 0) is 5.41 Å². The van der Waals surface area contributed by atoms with Crippen molar-refractivity contribution >= 4 is 6.21 Å². The third-order valence-electron chi connectivity index (χ3n) is 3.75. The Morgan fingerprint density at radius 1 is 0.960 bits per heavy atom. The van der Waals surface area contributed by atoms with Gasteiger partial charge in [-0.15, -0.1) is 0 Å². The average molecular weight is 343 g/mol. The van der Waals surface area contributed by atoms with Gasteiger partial charge in [-0.3, -0.25) is 0 Å². The molecule has 0 atom stereocenters. The smallest absolute Gasteiger partial charge is 0.132 e. The molecule has 0 fully saturated rings. The summed E-state index contributed by atoms with van der Waals surface area (Å²) in [5, 5.41) is 11.8. The number of benzene rings is 2. The van der Waals surface area contributed by atoms with Gasteiger partial charge in [0.15, 0.2) is 0 Å². The summed E-state index contributed by atoms with van der Waals surface area (Å²) in [5.74, 6) is 2.05. The molecule has 0 aliphatic rings. The fourth-order valence-electron chi connectivity index (χ4n) is 2.30. The average Bonchev–Trinajstić information content (AvgIpc) is 2.59. The monoisotopic (exact) mass is 343 g/mol. The lowest BCUT2D eigenvalue weighted by Gasteiger charge is -2.19. The predicted octanol–water partition coefficient (Wildman–Crippen LogP) is 4.26. The minimum Gasteiger partial charge on any atom is -0.497 e. The molecule has 0 amide bonds. The highest BCUT2D eigenvalue weighted by Crippen LogP contribution is 2.25. The molecule has 25 heavy (non-hydrogen) atoms. The second kappa shape index (κ2) is 8.42. The van der Waals surface area contributed by atoms with E-state index in [2.05, 4.69) is 38.1 Å². The summed E-state index contributed by atoms with van der Waals surface area (Å²) >= 11 is 0. The minimum absolute atomic E-state index is 0.124. The van der Waals surface area contributed by atoms with Gasteiger partial charge in [0.1, 0.15) is 30.5 Å². The molecule has 0 radical (unpaired) electrons. The van der Waals surface area contributed by atoms with E-state index in [-0.39, 0.29) is 5.41 Å². The van der Waals surface area contributed by atoms with Crippen molar-refractivity contribution in [1.82, 2.24) is 0 Å². The molecule has 0 spiro atoms. The highest BCUT2D eigenvalue weighted by Gasteiger charge is 2.13. The van der Waals surface area contributed by atoms with Gasteiger partial charge in [0.2, 0.25) is 0 Å². The van der Waals surface area contributed by atoms with Gasteiger partial charge < -0.3 is 19.4 Å². The van der Waals surface area contributed by atoms with Crippen LogP contribution in [0.3, 0.4) is 0 Å². The van der Waals surface area contributed by atoms with Gasteiger partial charge >= 0.3 is 0 Å². The van der Waals surface area contributed by atoms with Gasteiger partial charge in [0.05, 0.1) is 13.3 Å². The predicted molar refractivity (Wildman–Crippen MR) is 98.5 cm³/mol. The topological polar surface area (TPSA) is 60.3 Å². The molecule has 0 aromatic heterocycles. The van der Waals surface area contributed by atoms with Gasteiger partial charge in [0, 0.05) is 11.6 Å². The number of oxime groups is 1. The van der Waals surface area contributed by atoms with E-state index in [1.54, 1.807) is 25.3 Å². The van der Waals surface area contributed by atoms with Gasteiger partial charge in [-0.2, -0.15) is 0 Å². The third kappa shape index (κ3) is 5.41. The zero-order valence-electron chi connectivity index (χ0n) is 15.2. The highest BCUT2D eigenvalue weighted by atomic mass is 16.5. The van der Waals surface area contributed by atoms with Gasteiger partial charge in [0.25, 0.3) is 0 Å². The van der Waals surface area contributed by atoms with Crippen LogP contribution in [0.15, 0.2) is 47.6 Å². The lowest BCUT2D eigenvalue weighted by Crippen LogP contribution is -2.12. The van der Waals surface area contributed by atoms with E-state index in [1.807, 2.05) is 12.1 Å². The maximum Gasteiger partial charge on any atom is 0.132 e. The van der Waals surface area contributed by atoms with Crippen LogP contribution < -0.4 is 14.2 Å². The van der Waals surface area contributed by atoms with Crippen LogP contribution in [0.4, 0.5) is 0 Å². The Morgan fingerprint density at radius 2 is 1.60 bits per heavy atom. The van der Waals surface area contributed by atoms with Crippen molar-refractivity contribution in [1.29, 1.82) is 0 Å². The second-order valence-electron chi connectivity index (χ2n) is 6.62. The molecule has 134 valence electrons. The molecule has 0 bridgehead atoms. The van der Waals surface area contributed by atoms with Crippen LogP contribution in [0.2, 0.25) is 0 Å². The summed E-state index contributed by atoms with van der Waals surface area (Å²) in [6.45, 7) is 7.30. The van der Waals surface area contributed by atoms with Crippen molar-refractivity contribution in [3.8, 4) is 17.2 Å². The van der Waals surface area contributed by atoms with E-state index >= 15 is 0 Å². The molecule has 0 unspecified atom stereocenters. The molecule has 0 aliphatic heterocycles. The van der Waals surface area contributed by atoms with Crippen molar-refractivity contribution in [3.63, 3.8) is 0 Å². The van der Waals surface area contributed by atoms with Crippen LogP contribution in [0.5, 0.6) is 17.2 Å². The van der Waals surface area contributed by atoms with Crippen molar-refractivity contribution < 1.29 is 19.4 Å². The van der Waals surface area contributed by atoms with Gasteiger partial charge in [-0.1, -0.05) is 38.1 Å². The SMILES string of the molecule is COc1ccc(C=NO)c(OCCOc2ccc(C(C)(C)C)cc2)c1. The summed E-state index contributed by atoms with van der Waals surface area (Å²) < 4.78 is 16.6. The Hall–Kier alpha value is -2.69. The summed E-state index contributed by atoms with van der Waals surface area (Å²) in [7, 11) is 1.59. The number of methoxy groups -OCH3 is 1. The Morgan fingerprint density at radius 3 is 2.20 bits per heavy atom. The number of nitrogens with zero attached hydrogens (tertiary/aromatic N) is 1. The number of rotatable bonds is 7. The summed E-state index contributed by atoms with van der Waals surface area (Å²) in [4.78, 5) is 0. The fourth-order valence-corrected chi connectivity index (χ4v) is 2.30. The lowest BCUT2D eigenvalue weighted by atomic mass is 9.87. The van der Waals surface area contributed by atoms with E-state index in [9.17, 15) is 0 Å². The van der Waals surface area contributed by atoms with Crippen LogP contribution in [0.1, 0.15) is 31.9 Å². The standard InChI is InChI=1S/C20H25NO4/c1-20(2,3)16-6-9-17(10-7-16)24-11-12-25-19-13-18(23-4)8-5-15(19)14-21-22/h5-10,13-14,22H,11-12H2,1-4H3. The fraction of sp³-hybridized carbons (Fsp3) is 0.350. The lowest BCUT2D eigenvalue weighted by molar-refractivity contribution is 0.216. The first-order chi connectivity index (χ1) is 11.9. The van der Waals surface area contributed by atoms with Gasteiger partial charge in [-0.25, -0.2) is 0 Å². The van der Waals surface area contributed by atoms with E-state index < -0.39 is 0 Å². The molecule has 2 aromatic rings. The summed E-state index contributed by atoms with van der Waals surface area (Å²) in [6, 6.07) is 13.4. The van der Waals surface area contributed by atoms with Crippen molar-refractivity contribution in [2.75, 3.05) is 20.3 Å². The zero-order chi connectivity index (χ0) is 18.3. The molecule has 5 nitrogen and oxygen atoms in total. The Labute approximate surface area is 148 Å². The quantitative estimate of drug-likeness (QED) is 0.353. The highest BCUT2D eigenvalue weighted by molar-refractivity contribution is 5.83. The largest absolute Gasteiger partial charge is 0.497 e. The molecule has 0 saturated heterocycles. The molecule has 1 N–H and O–H groups in total. The van der Waals surface area contributed by atoms with Crippen LogP contribution >= 0.6 is 0 Å². The Bertz CT molecular complexity index is 703. The second-order valence-corrected chi connectivity index (χ2v) is 6.62. The summed E-state index contributed by atoms with van der Waals surface area (Å²) in [6.07, 6.45) is 1.32. The van der Waals surface area contributed by atoms with E-state index in [0.29, 0.717) is 30.3 Å². The number of hydrogen-bond donors (Lipinski definition) is 1. The van der Waals surface area contributed by atoms with E-state index in [1.165, 1.54) is 11.8 Å². The van der Waals surface area contributed by atoms with Crippen LogP contribution in [0.25, 0.3) is 0 Å². The van der Waals surface area contributed by atoms with Crippen LogP contribution in [-0.4, -0.2) is 31.7 Å². The van der Waals surface area contributed by atoms with E-state index in [4.69, 9.17) is 19.4 Å². The van der Waals surface area contributed by atoms with Gasteiger partial charge in [-0.05, 0) is 35.2 Å². The number of ether oxygens (including phenoxy) is 3. The first kappa shape index (κ1) is 18.6. The molecular formula is C20H25NO4. The maximum atomic E-state index is 8.73. The molecule has 0 heterocycles. The molecular weight excluding hydrogens is 318 g/mol. The minimum atomic E-state index is 0.124. The van der Waals surface area contributed by atoms with Crippen molar-refractivity contribution in [2.45, 2.75) is 26.2 Å². The maximum absolute atomic E-state index is 8.73. The molecule has 0 saturated carbocycles. The number of hydrogen-bond acceptors (Lipinski definition) is 5. The summed E-state index contributed by atoms with van der Waals surface area (Å²) in [5.41, 5.74) is 2.05. The normalized spacial score (nSPS) is 11.5. The third-order valence-corrected chi connectivity index (χ3v) is 3.75. The first-order valence-electron chi connectivity index (χ1n) is 8.15. The Balaban J connectivity index is 1.91. The molecule has 2 aromatic carbocycles. The Kier molecular flexibility index (Phi) is 6.28.